The molecule has 0 bridgehead atoms. The Bertz CT molecular complexity index is 685. The summed E-state index contributed by atoms with van der Waals surface area (Å²) in [4.78, 5) is 22.6. The third-order valence-electron chi connectivity index (χ3n) is 3.77. The molecule has 142 valence electrons. The van der Waals surface area contributed by atoms with Crippen LogP contribution in [-0.2, 0) is 14.3 Å². The third-order valence-corrected chi connectivity index (χ3v) is 3.77. The smallest absolute Gasteiger partial charge is 0.291 e. The van der Waals surface area contributed by atoms with Crippen LogP contribution in [0.1, 0.15) is 44.7 Å². The zero-order valence-corrected chi connectivity index (χ0v) is 15.6. The molecule has 0 saturated carbocycles. The van der Waals surface area contributed by atoms with Crippen molar-refractivity contribution in [2.75, 3.05) is 13.2 Å². The second-order valence-electron chi connectivity index (χ2n) is 7.37. The first-order chi connectivity index (χ1) is 12.2. The van der Waals surface area contributed by atoms with E-state index < -0.39 is 11.2 Å². The minimum atomic E-state index is -0.699. The van der Waals surface area contributed by atoms with Crippen LogP contribution in [0.4, 0.5) is 0 Å². The van der Waals surface area contributed by atoms with E-state index in [1.54, 1.807) is 38.1 Å². The summed E-state index contributed by atoms with van der Waals surface area (Å²) in [5.41, 5.74) is -0.535. The molecule has 7 heteroatoms. The first-order valence-corrected chi connectivity index (χ1v) is 8.52. The highest BCUT2D eigenvalue weighted by Gasteiger charge is 2.29. The average Bonchev–Trinajstić information content (AvgIpc) is 3.08. The number of furan rings is 1. The molecular formula is C19H26N2O5. The molecule has 26 heavy (non-hydrogen) atoms. The maximum absolute atomic E-state index is 12.1. The summed E-state index contributed by atoms with van der Waals surface area (Å²) in [5, 5.41) is 5.94. The molecule has 0 saturated heterocycles. The lowest BCUT2D eigenvalue weighted by atomic mass is 10.1. The quantitative estimate of drug-likeness (QED) is 0.689. The lowest BCUT2D eigenvalue weighted by molar-refractivity contribution is -0.133. The van der Waals surface area contributed by atoms with Gasteiger partial charge in [-0.25, -0.2) is 4.79 Å². The Hall–Kier alpha value is -2.34. The number of carbonyl (C=O) groups excluding carboxylic acids is 2. The molecule has 2 N–H and O–H groups in total. The molecule has 2 heterocycles. The standard InChI is InChI=1S/C19H26N2O5/c1-18(2,7-8-22)25-13-19(3,4)26-15-10-14(11-20-12-15)21-17(23)16-6-5-9-24-16/h5-7,9,11,15,20H,10,12-13H2,1-4H3,(H,21,23). The molecule has 1 aliphatic heterocycles. The number of carbonyl (C=O) groups is 1. The fourth-order valence-corrected chi connectivity index (χ4v) is 2.50. The van der Waals surface area contributed by atoms with E-state index in [4.69, 9.17) is 13.9 Å². The highest BCUT2D eigenvalue weighted by Crippen LogP contribution is 2.21. The van der Waals surface area contributed by atoms with E-state index in [0.29, 0.717) is 19.6 Å². The van der Waals surface area contributed by atoms with Gasteiger partial charge in [0.25, 0.3) is 5.91 Å². The molecule has 1 amide bonds. The minimum Gasteiger partial charge on any atom is -0.459 e. The Morgan fingerprint density at radius 2 is 2.23 bits per heavy atom. The fraction of sp³-hybridized carbons (Fsp3) is 0.526. The van der Waals surface area contributed by atoms with Gasteiger partial charge in [0.05, 0.1) is 30.2 Å². The SMILES string of the molecule is CC(C)(C=C=O)OCC(C)(C)OC1CNC=C(NC(=O)c2ccco2)C1. The van der Waals surface area contributed by atoms with Crippen molar-refractivity contribution in [2.24, 2.45) is 0 Å². The number of nitrogens with one attached hydrogen (secondary N) is 2. The van der Waals surface area contributed by atoms with Crippen molar-refractivity contribution < 1.29 is 23.5 Å². The summed E-state index contributed by atoms with van der Waals surface area (Å²) in [5.74, 6) is 1.72. The lowest BCUT2D eigenvalue weighted by Gasteiger charge is -2.35. The zero-order valence-electron chi connectivity index (χ0n) is 15.6. The number of hydrogen-bond donors (Lipinski definition) is 2. The van der Waals surface area contributed by atoms with Gasteiger partial charge >= 0.3 is 0 Å². The lowest BCUT2D eigenvalue weighted by Crippen LogP contribution is -2.44. The van der Waals surface area contributed by atoms with E-state index in [1.165, 1.54) is 12.3 Å². The Balaban J connectivity index is 1.86. The summed E-state index contributed by atoms with van der Waals surface area (Å²) in [6, 6.07) is 3.27. The molecule has 2 rings (SSSR count). The maximum atomic E-state index is 12.1. The van der Waals surface area contributed by atoms with Crippen molar-refractivity contribution in [1.82, 2.24) is 10.6 Å². The van der Waals surface area contributed by atoms with Crippen LogP contribution in [0.3, 0.4) is 0 Å². The Morgan fingerprint density at radius 3 is 2.88 bits per heavy atom. The van der Waals surface area contributed by atoms with Gasteiger partial charge in [0, 0.05) is 30.9 Å². The molecular weight excluding hydrogens is 336 g/mol. The van der Waals surface area contributed by atoms with E-state index in [0.717, 1.165) is 5.70 Å². The van der Waals surface area contributed by atoms with Crippen LogP contribution in [-0.4, -0.2) is 42.3 Å². The summed E-state index contributed by atoms with van der Waals surface area (Å²) in [7, 11) is 0. The van der Waals surface area contributed by atoms with Crippen molar-refractivity contribution in [3.8, 4) is 0 Å². The van der Waals surface area contributed by atoms with Crippen molar-refractivity contribution >= 4 is 11.8 Å². The predicted octanol–water partition coefficient (Wildman–Crippen LogP) is 2.19. The molecule has 1 aromatic heterocycles. The van der Waals surface area contributed by atoms with Crippen LogP contribution in [0.25, 0.3) is 0 Å². The predicted molar refractivity (Wildman–Crippen MR) is 96.1 cm³/mol. The molecule has 0 aliphatic carbocycles. The van der Waals surface area contributed by atoms with E-state index >= 15 is 0 Å². The van der Waals surface area contributed by atoms with E-state index in [1.807, 2.05) is 13.8 Å². The second-order valence-corrected chi connectivity index (χ2v) is 7.37. The van der Waals surface area contributed by atoms with Gasteiger partial charge in [-0.2, -0.15) is 0 Å². The fourth-order valence-electron chi connectivity index (χ4n) is 2.50. The summed E-state index contributed by atoms with van der Waals surface area (Å²) in [6.45, 7) is 8.37. The Kier molecular flexibility index (Phi) is 6.42. The van der Waals surface area contributed by atoms with Crippen LogP contribution in [0.15, 0.2) is 40.8 Å². The van der Waals surface area contributed by atoms with Gasteiger partial charge in [-0.3, -0.25) is 4.79 Å². The average molecular weight is 362 g/mol. The largest absolute Gasteiger partial charge is 0.459 e. The van der Waals surface area contributed by atoms with Crippen LogP contribution in [0.2, 0.25) is 0 Å². The maximum Gasteiger partial charge on any atom is 0.291 e. The Morgan fingerprint density at radius 1 is 1.46 bits per heavy atom. The van der Waals surface area contributed by atoms with Crippen molar-refractivity contribution in [2.45, 2.75) is 51.4 Å². The molecule has 0 spiro atoms. The summed E-state index contributed by atoms with van der Waals surface area (Å²) in [6.07, 6.45) is 4.99. The topological polar surface area (TPSA) is 89.8 Å². The molecule has 1 unspecified atom stereocenters. The second kappa shape index (κ2) is 8.36. The normalized spacial score (nSPS) is 17.7. The minimum absolute atomic E-state index is 0.129. The summed E-state index contributed by atoms with van der Waals surface area (Å²) < 4.78 is 17.0. The molecule has 0 aromatic carbocycles. The number of ether oxygens (including phenoxy) is 2. The van der Waals surface area contributed by atoms with Crippen LogP contribution in [0.5, 0.6) is 0 Å². The van der Waals surface area contributed by atoms with Crippen LogP contribution < -0.4 is 10.6 Å². The van der Waals surface area contributed by atoms with Crippen molar-refractivity contribution in [1.29, 1.82) is 0 Å². The van der Waals surface area contributed by atoms with Gasteiger partial charge < -0.3 is 24.5 Å². The molecule has 1 aromatic rings. The van der Waals surface area contributed by atoms with Gasteiger partial charge in [-0.05, 0) is 39.8 Å². The number of rotatable bonds is 8. The highest BCUT2D eigenvalue weighted by atomic mass is 16.6. The monoisotopic (exact) mass is 362 g/mol. The Labute approximate surface area is 153 Å². The summed E-state index contributed by atoms with van der Waals surface area (Å²) >= 11 is 0. The first kappa shape index (κ1) is 20.0. The van der Waals surface area contributed by atoms with Gasteiger partial charge in [-0.15, -0.1) is 0 Å². The van der Waals surface area contributed by atoms with Crippen molar-refractivity contribution in [3.63, 3.8) is 0 Å². The van der Waals surface area contributed by atoms with Gasteiger partial charge in [0.15, 0.2) is 5.76 Å². The van der Waals surface area contributed by atoms with Gasteiger partial charge in [0.1, 0.15) is 5.94 Å². The van der Waals surface area contributed by atoms with Crippen LogP contribution >= 0.6 is 0 Å². The van der Waals surface area contributed by atoms with E-state index in [2.05, 4.69) is 10.6 Å². The van der Waals surface area contributed by atoms with Crippen molar-refractivity contribution in [3.05, 3.63) is 42.1 Å². The highest BCUT2D eigenvalue weighted by molar-refractivity contribution is 5.92. The molecule has 1 atom stereocenters. The van der Waals surface area contributed by atoms with E-state index in [9.17, 15) is 9.59 Å². The zero-order chi connectivity index (χ0) is 19.2. The van der Waals surface area contributed by atoms with E-state index in [-0.39, 0.29) is 17.8 Å². The molecule has 1 aliphatic rings. The molecule has 0 radical (unpaired) electrons. The third kappa shape index (κ3) is 6.19. The van der Waals surface area contributed by atoms with Gasteiger partial charge in [-0.1, -0.05) is 0 Å². The van der Waals surface area contributed by atoms with Gasteiger partial charge in [0.2, 0.25) is 0 Å². The number of hydrogen-bond acceptors (Lipinski definition) is 6. The number of amides is 1. The molecule has 0 fully saturated rings. The van der Waals surface area contributed by atoms with Crippen LogP contribution in [0, 0.1) is 0 Å². The molecule has 7 nitrogen and oxygen atoms in total. The first-order valence-electron chi connectivity index (χ1n) is 8.52.